The molecular formula is C21H23N2O. The molecule has 3 heteroatoms. The van der Waals surface area contributed by atoms with Gasteiger partial charge in [0.05, 0.1) is 5.52 Å². The van der Waals surface area contributed by atoms with Crippen molar-refractivity contribution >= 4 is 27.7 Å². The van der Waals surface area contributed by atoms with Gasteiger partial charge in [-0.1, -0.05) is 31.9 Å². The van der Waals surface area contributed by atoms with Gasteiger partial charge in [-0.05, 0) is 55.0 Å². The molecule has 1 aliphatic rings. The first-order valence-corrected chi connectivity index (χ1v) is 8.94. The summed E-state index contributed by atoms with van der Waals surface area (Å²) in [6.07, 6.45) is 6.11. The fourth-order valence-corrected chi connectivity index (χ4v) is 3.87. The van der Waals surface area contributed by atoms with E-state index in [1.807, 2.05) is 12.1 Å². The summed E-state index contributed by atoms with van der Waals surface area (Å²) in [4.78, 5) is 11.9. The van der Waals surface area contributed by atoms with Crippen molar-refractivity contribution in [2.45, 2.75) is 45.6 Å². The maximum Gasteiger partial charge on any atom is 0.249 e. The lowest BCUT2D eigenvalue weighted by Crippen LogP contribution is -2.18. The van der Waals surface area contributed by atoms with E-state index in [2.05, 4.69) is 35.8 Å². The van der Waals surface area contributed by atoms with Gasteiger partial charge in [0.2, 0.25) is 5.91 Å². The molecule has 1 saturated carbocycles. The van der Waals surface area contributed by atoms with Crippen molar-refractivity contribution in [2.75, 3.05) is 0 Å². The number of carbonyl (C=O) groups is 1. The second-order valence-corrected chi connectivity index (χ2v) is 6.99. The molecule has 0 aliphatic heterocycles. The van der Waals surface area contributed by atoms with E-state index in [0.717, 1.165) is 41.6 Å². The molecule has 1 aromatic heterocycles. The monoisotopic (exact) mass is 319 g/mol. The van der Waals surface area contributed by atoms with Crippen LogP contribution >= 0.6 is 0 Å². The second-order valence-electron chi connectivity index (χ2n) is 6.99. The molecule has 1 heterocycles. The van der Waals surface area contributed by atoms with E-state index in [4.69, 9.17) is 5.73 Å². The molecule has 1 amide bonds. The van der Waals surface area contributed by atoms with Crippen molar-refractivity contribution < 1.29 is 4.79 Å². The fourth-order valence-electron chi connectivity index (χ4n) is 3.87. The van der Waals surface area contributed by atoms with Crippen LogP contribution in [0.1, 0.15) is 48.5 Å². The zero-order valence-corrected chi connectivity index (χ0v) is 14.1. The Kier molecular flexibility index (Phi) is 3.79. The Morgan fingerprint density at radius 1 is 1.33 bits per heavy atom. The molecule has 4 rings (SSSR count). The normalized spacial score (nSPS) is 15.0. The molecule has 1 radical (unpaired) electrons. The van der Waals surface area contributed by atoms with Gasteiger partial charge < -0.3 is 10.3 Å². The van der Waals surface area contributed by atoms with Crippen molar-refractivity contribution in [3.8, 4) is 0 Å². The van der Waals surface area contributed by atoms with E-state index < -0.39 is 0 Å². The first-order valence-electron chi connectivity index (χ1n) is 8.94. The number of fused-ring (bicyclic) bond motifs is 3. The number of nitrogens with two attached hydrogens (primary N) is 1. The zero-order valence-electron chi connectivity index (χ0n) is 14.1. The molecular weight excluding hydrogens is 296 g/mol. The quantitative estimate of drug-likeness (QED) is 0.742. The van der Waals surface area contributed by atoms with Crippen LogP contribution in [0.2, 0.25) is 0 Å². The van der Waals surface area contributed by atoms with Crippen molar-refractivity contribution in [1.29, 1.82) is 0 Å². The van der Waals surface area contributed by atoms with Crippen LogP contribution in [0.4, 0.5) is 0 Å². The maximum absolute atomic E-state index is 11.9. The molecule has 0 saturated heterocycles. The maximum atomic E-state index is 11.9. The number of primary amides is 1. The van der Waals surface area contributed by atoms with Crippen LogP contribution in [0.15, 0.2) is 30.3 Å². The minimum absolute atomic E-state index is 0.366. The van der Waals surface area contributed by atoms with Crippen LogP contribution in [-0.4, -0.2) is 10.5 Å². The Bertz CT molecular complexity index is 918. The average Bonchev–Trinajstić information content (AvgIpc) is 2.84. The predicted octanol–water partition coefficient (Wildman–Crippen LogP) is 4.45. The third-order valence-electron chi connectivity index (χ3n) is 5.32. The van der Waals surface area contributed by atoms with Gasteiger partial charge in [-0.25, -0.2) is 0 Å². The smallest absolute Gasteiger partial charge is 0.249 e. The van der Waals surface area contributed by atoms with Gasteiger partial charge in [-0.3, -0.25) is 4.79 Å². The van der Waals surface area contributed by atoms with Gasteiger partial charge in [0.25, 0.3) is 0 Å². The SMILES string of the molecule is CCCc1c[c]c2c3c(C(N)=O)cccc3n(CC3CCC3)c2c1. The number of hydrogen-bond donors (Lipinski definition) is 1. The van der Waals surface area contributed by atoms with E-state index in [1.54, 1.807) is 0 Å². The molecule has 1 fully saturated rings. The molecule has 0 unspecified atom stereocenters. The van der Waals surface area contributed by atoms with Crippen LogP contribution < -0.4 is 5.73 Å². The van der Waals surface area contributed by atoms with Crippen molar-refractivity contribution in [2.24, 2.45) is 11.7 Å². The Labute approximate surface area is 142 Å². The number of carbonyl (C=O) groups excluding carboxylic acids is 1. The van der Waals surface area contributed by atoms with Crippen LogP contribution in [0.5, 0.6) is 0 Å². The molecule has 24 heavy (non-hydrogen) atoms. The summed E-state index contributed by atoms with van der Waals surface area (Å²) < 4.78 is 2.39. The minimum atomic E-state index is -0.366. The van der Waals surface area contributed by atoms with Crippen molar-refractivity contribution in [3.63, 3.8) is 0 Å². The number of amides is 1. The van der Waals surface area contributed by atoms with Gasteiger partial charge in [0.1, 0.15) is 0 Å². The highest BCUT2D eigenvalue weighted by atomic mass is 16.1. The summed E-state index contributed by atoms with van der Waals surface area (Å²) in [6, 6.07) is 13.7. The summed E-state index contributed by atoms with van der Waals surface area (Å²) in [6.45, 7) is 3.21. The van der Waals surface area contributed by atoms with Gasteiger partial charge in [0.15, 0.2) is 0 Å². The van der Waals surface area contributed by atoms with Crippen LogP contribution in [0.3, 0.4) is 0 Å². The second kappa shape index (κ2) is 5.97. The molecule has 2 N–H and O–H groups in total. The number of rotatable bonds is 5. The Hall–Kier alpha value is -2.29. The van der Waals surface area contributed by atoms with E-state index in [-0.39, 0.29) is 5.91 Å². The van der Waals surface area contributed by atoms with E-state index >= 15 is 0 Å². The van der Waals surface area contributed by atoms with Gasteiger partial charge >= 0.3 is 0 Å². The zero-order chi connectivity index (χ0) is 16.7. The highest BCUT2D eigenvalue weighted by Crippen LogP contribution is 2.36. The van der Waals surface area contributed by atoms with Crippen molar-refractivity contribution in [3.05, 3.63) is 47.5 Å². The molecule has 3 aromatic rings. The first-order chi connectivity index (χ1) is 11.7. The predicted molar refractivity (Wildman–Crippen MR) is 98.1 cm³/mol. The lowest BCUT2D eigenvalue weighted by Gasteiger charge is -2.26. The summed E-state index contributed by atoms with van der Waals surface area (Å²) >= 11 is 0. The number of hydrogen-bond acceptors (Lipinski definition) is 1. The van der Waals surface area contributed by atoms with E-state index in [9.17, 15) is 4.79 Å². The number of nitrogens with zero attached hydrogens (tertiary/aromatic N) is 1. The third-order valence-corrected chi connectivity index (χ3v) is 5.32. The molecule has 3 nitrogen and oxygen atoms in total. The van der Waals surface area contributed by atoms with Crippen LogP contribution in [-0.2, 0) is 13.0 Å². The third kappa shape index (κ3) is 2.39. The standard InChI is InChI=1S/C21H23N2O/c1-2-5-14-10-11-16-19(12-14)23(13-15-6-3-7-15)18-9-4-8-17(20(16)18)21(22)24/h4,8-10,12,15H,2-3,5-7,13H2,1H3,(H2,22,24). The number of aromatic nitrogens is 1. The molecule has 0 spiro atoms. The lowest BCUT2D eigenvalue weighted by molar-refractivity contribution is 0.100. The van der Waals surface area contributed by atoms with Crippen LogP contribution in [0.25, 0.3) is 21.8 Å². The molecule has 2 aromatic carbocycles. The van der Waals surface area contributed by atoms with E-state index in [0.29, 0.717) is 5.56 Å². The molecule has 123 valence electrons. The highest BCUT2D eigenvalue weighted by Gasteiger charge is 2.22. The summed E-state index contributed by atoms with van der Waals surface area (Å²) in [5.41, 5.74) is 9.84. The molecule has 0 atom stereocenters. The van der Waals surface area contributed by atoms with Gasteiger partial charge in [0, 0.05) is 28.4 Å². The van der Waals surface area contributed by atoms with Gasteiger partial charge in [-0.2, -0.15) is 0 Å². The summed E-state index contributed by atoms with van der Waals surface area (Å²) in [7, 11) is 0. The highest BCUT2D eigenvalue weighted by molar-refractivity contribution is 6.17. The lowest BCUT2D eigenvalue weighted by atomic mass is 9.85. The van der Waals surface area contributed by atoms with Crippen LogP contribution in [0, 0.1) is 12.0 Å². The molecule has 1 aliphatic carbocycles. The van der Waals surface area contributed by atoms with E-state index in [1.165, 1.54) is 30.3 Å². The molecule has 0 bridgehead atoms. The largest absolute Gasteiger partial charge is 0.366 e. The Morgan fingerprint density at radius 3 is 2.83 bits per heavy atom. The van der Waals surface area contributed by atoms with Crippen molar-refractivity contribution in [1.82, 2.24) is 4.57 Å². The number of aryl methyl sites for hydroxylation is 1. The van der Waals surface area contributed by atoms with Gasteiger partial charge in [-0.15, -0.1) is 0 Å². The Balaban J connectivity index is 2.00. The first kappa shape index (κ1) is 15.3. The fraction of sp³-hybridized carbons (Fsp3) is 0.381. The minimum Gasteiger partial charge on any atom is -0.366 e. The summed E-state index contributed by atoms with van der Waals surface area (Å²) in [5.74, 6) is 0.380. The average molecular weight is 319 g/mol. The topological polar surface area (TPSA) is 48.0 Å². The Morgan fingerprint density at radius 2 is 2.17 bits per heavy atom. The summed E-state index contributed by atoms with van der Waals surface area (Å²) in [5, 5.41) is 1.99. The number of benzene rings is 2.